The SMILES string of the molecule is [2H]c1c([2H])c(OCC(O)CCCC([2H])([2H])c2c([2H])c([2H])c(OC([2H])([2H])[2H])c(OC)c2[2H])c([2H])c(C)c1C. The monoisotopic (exact) mass is 369 g/mol. The highest BCUT2D eigenvalue weighted by Gasteiger charge is 2.07. The third-order valence-electron chi connectivity index (χ3n) is 3.71. The lowest BCUT2D eigenvalue weighted by Crippen LogP contribution is -2.17. The first-order chi connectivity index (χ1) is 16.9. The van der Waals surface area contributed by atoms with Crippen LogP contribution in [0.25, 0.3) is 0 Å². The molecule has 0 aliphatic heterocycles. The van der Waals surface area contributed by atoms with Gasteiger partial charge in [0.2, 0.25) is 0 Å². The van der Waals surface area contributed by atoms with Gasteiger partial charge in [-0.1, -0.05) is 18.5 Å². The van der Waals surface area contributed by atoms with Crippen LogP contribution in [0.5, 0.6) is 17.2 Å². The topological polar surface area (TPSA) is 47.9 Å². The average molecular weight is 370 g/mol. The molecule has 0 spiro atoms. The minimum Gasteiger partial charge on any atom is -0.493 e. The number of aliphatic hydroxyl groups excluding tert-OH is 1. The Kier molecular flexibility index (Phi) is 3.74. The molecular weight excluding hydrogens is 328 g/mol. The molecule has 4 nitrogen and oxygen atoms in total. The van der Waals surface area contributed by atoms with Gasteiger partial charge in [-0.2, -0.15) is 0 Å². The van der Waals surface area contributed by atoms with Crippen LogP contribution in [0.4, 0.5) is 0 Å². The highest BCUT2D eigenvalue weighted by molar-refractivity contribution is 5.42. The first kappa shape index (κ1) is 9.65. The summed E-state index contributed by atoms with van der Waals surface area (Å²) >= 11 is 0. The van der Waals surface area contributed by atoms with Crippen LogP contribution in [-0.2, 0) is 6.37 Å². The molecule has 0 aromatic heterocycles. The Morgan fingerprint density at radius 2 is 1.92 bits per heavy atom. The maximum atomic E-state index is 10.3. The maximum absolute atomic E-state index is 10.3. The van der Waals surface area contributed by atoms with Crippen LogP contribution in [0.2, 0.25) is 0 Å². The van der Waals surface area contributed by atoms with Crippen LogP contribution < -0.4 is 14.2 Å². The quantitative estimate of drug-likeness (QED) is 0.671. The van der Waals surface area contributed by atoms with E-state index in [2.05, 4.69) is 0 Å². The fourth-order valence-electron chi connectivity index (χ4n) is 2.11. The molecule has 0 bridgehead atoms. The van der Waals surface area contributed by atoms with Crippen molar-refractivity contribution in [2.75, 3.05) is 20.8 Å². The lowest BCUT2D eigenvalue weighted by atomic mass is 10.0. The van der Waals surface area contributed by atoms with E-state index in [0.29, 0.717) is 11.1 Å². The Balaban J connectivity index is 2.15. The van der Waals surface area contributed by atoms with Gasteiger partial charge in [-0.05, 0) is 73.9 Å². The maximum Gasteiger partial charge on any atom is 0.160 e. The zero-order valence-electron chi connectivity index (χ0n) is 26.1. The van der Waals surface area contributed by atoms with Gasteiger partial charge in [-0.15, -0.1) is 0 Å². The standard InChI is InChI=1S/C22H30O4/c1-16-9-11-20(13-17(16)2)26-15-19(23)8-6-5-7-18-10-12-21(24-3)22(14-18)25-4/h9-14,19,23H,5-8,15H2,1-4H3/i3D3,7D2,9D,10D,11D,12D,13D,14D. The molecule has 1 N–H and O–H groups in total. The number of methoxy groups -OCH3 is 2. The van der Waals surface area contributed by atoms with Crippen LogP contribution in [0.1, 0.15) is 51.0 Å². The molecule has 0 fully saturated rings. The van der Waals surface area contributed by atoms with Crippen molar-refractivity contribution in [1.29, 1.82) is 0 Å². The van der Waals surface area contributed by atoms with Gasteiger partial charge in [0.25, 0.3) is 0 Å². The van der Waals surface area contributed by atoms with Gasteiger partial charge in [-0.3, -0.25) is 0 Å². The van der Waals surface area contributed by atoms with Crippen molar-refractivity contribution in [3.8, 4) is 17.2 Å². The highest BCUT2D eigenvalue weighted by Crippen LogP contribution is 2.28. The van der Waals surface area contributed by atoms with E-state index in [4.69, 9.17) is 29.3 Å². The molecule has 0 saturated carbocycles. The number of benzene rings is 2. The Hall–Kier alpha value is -2.20. The Bertz CT molecular complexity index is 1120. The van der Waals surface area contributed by atoms with Gasteiger partial charge in [0.05, 0.1) is 32.6 Å². The lowest BCUT2D eigenvalue weighted by molar-refractivity contribution is 0.0976. The molecule has 2 aromatic rings. The second-order valence-electron chi connectivity index (χ2n) is 5.70. The van der Waals surface area contributed by atoms with Crippen molar-refractivity contribution in [1.82, 2.24) is 0 Å². The van der Waals surface area contributed by atoms with Gasteiger partial charge in [0.1, 0.15) is 12.4 Å². The van der Waals surface area contributed by atoms with E-state index >= 15 is 0 Å². The van der Waals surface area contributed by atoms with Crippen molar-refractivity contribution < 1.29 is 34.4 Å². The van der Waals surface area contributed by atoms with Crippen molar-refractivity contribution >= 4 is 0 Å². The number of ether oxygens (including phenoxy) is 3. The fourth-order valence-corrected chi connectivity index (χ4v) is 2.11. The number of rotatable bonds is 10. The molecule has 142 valence electrons. The normalized spacial score (nSPS) is 19.0. The smallest absolute Gasteiger partial charge is 0.160 e. The first-order valence-electron chi connectivity index (χ1n) is 13.7. The minimum absolute atomic E-state index is 0.0425. The molecule has 26 heavy (non-hydrogen) atoms. The molecule has 1 unspecified atom stereocenters. The zero-order chi connectivity index (χ0) is 28.5. The predicted octanol–water partition coefficient (Wildman–Crippen LogP) is 4.47. The first-order valence-corrected chi connectivity index (χ1v) is 8.19. The van der Waals surface area contributed by atoms with Gasteiger partial charge < -0.3 is 19.3 Å². The van der Waals surface area contributed by atoms with Crippen LogP contribution in [0.3, 0.4) is 0 Å². The highest BCUT2D eigenvalue weighted by atomic mass is 16.5. The number of hydrogen-bond donors (Lipinski definition) is 1. The van der Waals surface area contributed by atoms with E-state index < -0.39 is 54.7 Å². The molecular formula is C22H30O4. The minimum atomic E-state index is -2.97. The third kappa shape index (κ3) is 5.95. The summed E-state index contributed by atoms with van der Waals surface area (Å²) in [6.45, 7) is 2.99. The molecule has 1 atom stereocenters. The Morgan fingerprint density at radius 3 is 2.69 bits per heavy atom. The number of hydrogen-bond acceptors (Lipinski definition) is 4. The predicted molar refractivity (Wildman–Crippen MR) is 105 cm³/mol. The molecule has 0 radical (unpaired) electrons. The van der Waals surface area contributed by atoms with Gasteiger partial charge in [-0.25, -0.2) is 0 Å². The molecule has 0 aliphatic carbocycles. The van der Waals surface area contributed by atoms with Crippen LogP contribution in [0.15, 0.2) is 36.3 Å². The average Bonchev–Trinajstić information content (AvgIpc) is 2.79. The summed E-state index contributed by atoms with van der Waals surface area (Å²) in [6, 6.07) is -2.40. The van der Waals surface area contributed by atoms with Crippen LogP contribution >= 0.6 is 0 Å². The van der Waals surface area contributed by atoms with Crippen molar-refractivity contribution in [3.63, 3.8) is 0 Å². The third-order valence-corrected chi connectivity index (χ3v) is 3.71. The number of aliphatic hydroxyl groups is 1. The fraction of sp³-hybridized carbons (Fsp3) is 0.455. The van der Waals surface area contributed by atoms with E-state index in [1.165, 1.54) is 0 Å². The summed E-state index contributed by atoms with van der Waals surface area (Å²) in [5, 5.41) is 10.3. The van der Waals surface area contributed by atoms with Crippen molar-refractivity contribution in [3.05, 3.63) is 52.9 Å². The summed E-state index contributed by atoms with van der Waals surface area (Å²) in [5.41, 5.74) is 0.530. The van der Waals surface area contributed by atoms with Crippen molar-refractivity contribution in [2.24, 2.45) is 0 Å². The summed E-state index contributed by atoms with van der Waals surface area (Å²) in [4.78, 5) is 0. The second kappa shape index (κ2) is 10.1. The molecule has 2 rings (SSSR count). The van der Waals surface area contributed by atoms with Crippen LogP contribution in [0, 0.1) is 13.8 Å². The lowest BCUT2D eigenvalue weighted by Gasteiger charge is -2.13. The molecule has 4 heteroatoms. The van der Waals surface area contributed by atoms with Crippen molar-refractivity contribution in [2.45, 2.75) is 45.6 Å². The zero-order valence-corrected chi connectivity index (χ0v) is 15.1. The molecule has 0 saturated heterocycles. The molecule has 0 aliphatic rings. The second-order valence-corrected chi connectivity index (χ2v) is 5.70. The Labute approximate surface area is 172 Å². The van der Waals surface area contributed by atoms with E-state index in [1.807, 2.05) is 0 Å². The van der Waals surface area contributed by atoms with Gasteiger partial charge in [0, 0.05) is 2.74 Å². The molecule has 2 aromatic carbocycles. The van der Waals surface area contributed by atoms with E-state index in [9.17, 15) is 5.11 Å². The Morgan fingerprint density at radius 1 is 1.08 bits per heavy atom. The summed E-state index contributed by atoms with van der Waals surface area (Å²) in [6.07, 6.45) is -3.51. The summed E-state index contributed by atoms with van der Waals surface area (Å²) in [7, 11) is -1.86. The van der Waals surface area contributed by atoms with E-state index in [0.717, 1.165) is 7.11 Å². The van der Waals surface area contributed by atoms with Gasteiger partial charge >= 0.3 is 0 Å². The van der Waals surface area contributed by atoms with E-state index in [1.54, 1.807) is 13.8 Å². The molecule has 0 amide bonds. The molecule has 0 heterocycles. The van der Waals surface area contributed by atoms with Crippen LogP contribution in [-0.4, -0.2) is 32.0 Å². The summed E-state index contributed by atoms with van der Waals surface area (Å²) < 4.78 is 102. The van der Waals surface area contributed by atoms with Gasteiger partial charge in [0.15, 0.2) is 11.5 Å². The largest absolute Gasteiger partial charge is 0.493 e. The van der Waals surface area contributed by atoms with E-state index in [-0.39, 0.29) is 49.7 Å². The summed E-state index contributed by atoms with van der Waals surface area (Å²) in [5.74, 6) is -1.23.